The quantitative estimate of drug-likeness (QED) is 0.771. The number of carbonyl (C=O) groups is 1. The number of hydrogen-bond donors (Lipinski definition) is 1. The molecular weight excluding hydrogens is 204 g/mol. The molecule has 0 aliphatic rings. The van der Waals surface area contributed by atoms with E-state index in [-0.39, 0.29) is 10.9 Å². The van der Waals surface area contributed by atoms with Gasteiger partial charge in [0.2, 0.25) is 5.88 Å². The monoisotopic (exact) mass is 214 g/mol. The van der Waals surface area contributed by atoms with Crippen molar-refractivity contribution >= 4 is 17.4 Å². The standard InChI is InChI=1S/C9H11ClN2O2/c1-5(13)9(11)6-3-7(10)12-8(4-6)14-2/h3-4,9H,11H2,1-2H3. The third-order valence-corrected chi connectivity index (χ3v) is 1.99. The zero-order valence-corrected chi connectivity index (χ0v) is 8.71. The Hall–Kier alpha value is -1.13. The van der Waals surface area contributed by atoms with E-state index in [1.54, 1.807) is 12.1 Å². The minimum absolute atomic E-state index is 0.130. The first-order chi connectivity index (χ1) is 6.54. The highest BCUT2D eigenvalue weighted by Gasteiger charge is 2.13. The lowest BCUT2D eigenvalue weighted by molar-refractivity contribution is -0.118. The predicted octanol–water partition coefficient (Wildman–Crippen LogP) is 1.33. The van der Waals surface area contributed by atoms with Crippen molar-refractivity contribution in [3.8, 4) is 5.88 Å². The van der Waals surface area contributed by atoms with Crippen LogP contribution in [0, 0.1) is 0 Å². The number of pyridine rings is 1. The summed E-state index contributed by atoms with van der Waals surface area (Å²) in [6.07, 6.45) is 0. The van der Waals surface area contributed by atoms with E-state index in [1.807, 2.05) is 0 Å². The van der Waals surface area contributed by atoms with Crippen LogP contribution >= 0.6 is 11.6 Å². The van der Waals surface area contributed by atoms with Crippen LogP contribution in [0.25, 0.3) is 0 Å². The Morgan fingerprint density at radius 3 is 2.79 bits per heavy atom. The van der Waals surface area contributed by atoms with Gasteiger partial charge in [-0.15, -0.1) is 0 Å². The third kappa shape index (κ3) is 2.43. The molecule has 1 aromatic rings. The van der Waals surface area contributed by atoms with Crippen LogP contribution in [0.3, 0.4) is 0 Å². The van der Waals surface area contributed by atoms with Gasteiger partial charge in [-0.05, 0) is 18.6 Å². The van der Waals surface area contributed by atoms with Crippen molar-refractivity contribution < 1.29 is 9.53 Å². The molecule has 14 heavy (non-hydrogen) atoms. The number of carbonyl (C=O) groups excluding carboxylic acids is 1. The fourth-order valence-corrected chi connectivity index (χ4v) is 1.22. The zero-order chi connectivity index (χ0) is 10.7. The number of aromatic nitrogens is 1. The van der Waals surface area contributed by atoms with E-state index in [9.17, 15) is 4.79 Å². The van der Waals surface area contributed by atoms with Gasteiger partial charge in [-0.1, -0.05) is 11.6 Å². The fraction of sp³-hybridized carbons (Fsp3) is 0.333. The normalized spacial score (nSPS) is 12.3. The average molecular weight is 215 g/mol. The highest BCUT2D eigenvalue weighted by Crippen LogP contribution is 2.20. The first-order valence-corrected chi connectivity index (χ1v) is 4.40. The molecular formula is C9H11ClN2O2. The van der Waals surface area contributed by atoms with E-state index < -0.39 is 6.04 Å². The largest absolute Gasteiger partial charge is 0.481 e. The van der Waals surface area contributed by atoms with Crippen LogP contribution in [0.2, 0.25) is 5.15 Å². The van der Waals surface area contributed by atoms with Crippen LogP contribution in [0.4, 0.5) is 0 Å². The molecule has 0 fully saturated rings. The Labute approximate surface area is 87.0 Å². The third-order valence-electron chi connectivity index (χ3n) is 1.80. The molecule has 0 saturated carbocycles. The molecule has 0 radical (unpaired) electrons. The zero-order valence-electron chi connectivity index (χ0n) is 7.95. The fourth-order valence-electron chi connectivity index (χ4n) is 1.01. The maximum atomic E-state index is 11.0. The second kappa shape index (κ2) is 4.39. The smallest absolute Gasteiger partial charge is 0.214 e. The maximum Gasteiger partial charge on any atom is 0.214 e. The molecule has 1 heterocycles. The van der Waals surface area contributed by atoms with Crippen molar-refractivity contribution in [3.05, 3.63) is 22.8 Å². The van der Waals surface area contributed by atoms with E-state index in [4.69, 9.17) is 22.1 Å². The van der Waals surface area contributed by atoms with Crippen molar-refractivity contribution in [2.75, 3.05) is 7.11 Å². The van der Waals surface area contributed by atoms with Crippen LogP contribution in [0.5, 0.6) is 5.88 Å². The minimum Gasteiger partial charge on any atom is -0.481 e. The number of nitrogens with zero attached hydrogens (tertiary/aromatic N) is 1. The molecule has 4 nitrogen and oxygen atoms in total. The van der Waals surface area contributed by atoms with Crippen molar-refractivity contribution in [1.82, 2.24) is 4.98 Å². The molecule has 0 amide bonds. The molecule has 0 aliphatic carbocycles. The van der Waals surface area contributed by atoms with Gasteiger partial charge in [-0.25, -0.2) is 4.98 Å². The van der Waals surface area contributed by atoms with Crippen molar-refractivity contribution in [3.63, 3.8) is 0 Å². The van der Waals surface area contributed by atoms with Gasteiger partial charge < -0.3 is 10.5 Å². The molecule has 0 spiro atoms. The minimum atomic E-state index is -0.676. The number of rotatable bonds is 3. The predicted molar refractivity (Wildman–Crippen MR) is 53.4 cm³/mol. The molecule has 5 heteroatoms. The Balaban J connectivity index is 3.08. The summed E-state index contributed by atoms with van der Waals surface area (Å²) >= 11 is 5.72. The van der Waals surface area contributed by atoms with Gasteiger partial charge in [-0.2, -0.15) is 0 Å². The molecule has 0 saturated heterocycles. The van der Waals surface area contributed by atoms with Crippen LogP contribution < -0.4 is 10.5 Å². The molecule has 1 unspecified atom stereocenters. The number of ketones is 1. The van der Waals surface area contributed by atoms with Crippen molar-refractivity contribution in [1.29, 1.82) is 0 Å². The molecule has 2 N–H and O–H groups in total. The summed E-state index contributed by atoms with van der Waals surface area (Å²) < 4.78 is 4.90. The summed E-state index contributed by atoms with van der Waals surface area (Å²) in [5.41, 5.74) is 6.24. The molecule has 0 bridgehead atoms. The number of Topliss-reactive ketones (excluding diaryl/α,β-unsaturated/α-hetero) is 1. The summed E-state index contributed by atoms with van der Waals surface area (Å²) in [6.45, 7) is 1.42. The van der Waals surface area contributed by atoms with Crippen LogP contribution in [-0.4, -0.2) is 17.9 Å². The summed E-state index contributed by atoms with van der Waals surface area (Å²) in [5, 5.41) is 0.260. The van der Waals surface area contributed by atoms with Gasteiger partial charge >= 0.3 is 0 Å². The highest BCUT2D eigenvalue weighted by molar-refractivity contribution is 6.29. The van der Waals surface area contributed by atoms with Gasteiger partial charge in [0.25, 0.3) is 0 Å². The summed E-state index contributed by atoms with van der Waals surface area (Å²) in [7, 11) is 1.47. The highest BCUT2D eigenvalue weighted by atomic mass is 35.5. The van der Waals surface area contributed by atoms with Gasteiger partial charge in [-0.3, -0.25) is 4.79 Å². The molecule has 76 valence electrons. The topological polar surface area (TPSA) is 65.2 Å². The van der Waals surface area contributed by atoms with E-state index in [1.165, 1.54) is 14.0 Å². The number of halogens is 1. The Bertz CT molecular complexity index is 355. The number of ether oxygens (including phenoxy) is 1. The first kappa shape index (κ1) is 10.9. The number of methoxy groups -OCH3 is 1. The summed E-state index contributed by atoms with van der Waals surface area (Å²) in [4.78, 5) is 14.9. The van der Waals surface area contributed by atoms with Crippen molar-refractivity contribution in [2.45, 2.75) is 13.0 Å². The van der Waals surface area contributed by atoms with E-state index in [0.717, 1.165) is 0 Å². The van der Waals surface area contributed by atoms with E-state index in [0.29, 0.717) is 11.4 Å². The van der Waals surface area contributed by atoms with Crippen LogP contribution in [0.1, 0.15) is 18.5 Å². The second-order valence-corrected chi connectivity index (χ2v) is 3.24. The lowest BCUT2D eigenvalue weighted by Gasteiger charge is -2.09. The van der Waals surface area contributed by atoms with Gasteiger partial charge in [0.05, 0.1) is 13.2 Å². The molecule has 0 aliphatic heterocycles. The van der Waals surface area contributed by atoms with Gasteiger partial charge in [0.15, 0.2) is 5.78 Å². The maximum absolute atomic E-state index is 11.0. The van der Waals surface area contributed by atoms with Gasteiger partial charge in [0.1, 0.15) is 5.15 Å². The lowest BCUT2D eigenvalue weighted by Crippen LogP contribution is -2.18. The van der Waals surface area contributed by atoms with Crippen LogP contribution in [-0.2, 0) is 4.79 Å². The molecule has 1 rings (SSSR count). The Morgan fingerprint density at radius 1 is 1.64 bits per heavy atom. The van der Waals surface area contributed by atoms with E-state index >= 15 is 0 Å². The summed E-state index contributed by atoms with van der Waals surface area (Å²) in [6, 6.07) is 2.47. The van der Waals surface area contributed by atoms with E-state index in [2.05, 4.69) is 4.98 Å². The first-order valence-electron chi connectivity index (χ1n) is 4.02. The Morgan fingerprint density at radius 2 is 2.29 bits per heavy atom. The molecule has 1 aromatic heterocycles. The summed E-state index contributed by atoms with van der Waals surface area (Å²) in [5.74, 6) is 0.221. The molecule has 0 aromatic carbocycles. The average Bonchev–Trinajstić information content (AvgIpc) is 2.15. The number of nitrogens with two attached hydrogens (primary N) is 1. The van der Waals surface area contributed by atoms with Crippen molar-refractivity contribution in [2.24, 2.45) is 5.73 Å². The Kier molecular flexibility index (Phi) is 3.43. The molecule has 1 atom stereocenters. The van der Waals surface area contributed by atoms with Gasteiger partial charge in [0, 0.05) is 6.07 Å². The lowest BCUT2D eigenvalue weighted by atomic mass is 10.1. The SMILES string of the molecule is COc1cc(C(N)C(C)=O)cc(Cl)n1. The van der Waals surface area contributed by atoms with Crippen LogP contribution in [0.15, 0.2) is 12.1 Å². The second-order valence-electron chi connectivity index (χ2n) is 2.85. The number of hydrogen-bond acceptors (Lipinski definition) is 4.